The highest BCUT2D eigenvalue weighted by atomic mass is 31.1. The van der Waals surface area contributed by atoms with Crippen LogP contribution in [-0.2, 0) is 4.57 Å². The van der Waals surface area contributed by atoms with Crippen molar-refractivity contribution in [1.29, 1.82) is 0 Å². The molecule has 0 bridgehead atoms. The van der Waals surface area contributed by atoms with Crippen LogP contribution in [0.4, 0.5) is 5.69 Å². The fourth-order valence-electron chi connectivity index (χ4n) is 0.575. The summed E-state index contributed by atoms with van der Waals surface area (Å²) in [5, 5.41) is 0.865. The van der Waals surface area contributed by atoms with Gasteiger partial charge in [0, 0.05) is 11.0 Å². The van der Waals surface area contributed by atoms with E-state index < -0.39 is 8.46 Å². The molecule has 0 amide bonds. The normalized spacial score (nSPS) is 10.7. The minimum Gasteiger partial charge on any atom is -0.399 e. The Kier molecular flexibility index (Phi) is 1.91. The summed E-state index contributed by atoms with van der Waals surface area (Å²) in [5.41, 5.74) is 6.10. The minimum atomic E-state index is -0.805. The second-order valence-electron chi connectivity index (χ2n) is 1.78. The van der Waals surface area contributed by atoms with Crippen LogP contribution in [0.15, 0.2) is 24.3 Å². The van der Waals surface area contributed by atoms with Gasteiger partial charge in [0.15, 0.2) is 0 Å². The van der Waals surface area contributed by atoms with E-state index in [1.807, 2.05) is 0 Å². The molecule has 0 aliphatic carbocycles. The van der Waals surface area contributed by atoms with Crippen LogP contribution in [0.3, 0.4) is 0 Å². The SMILES string of the molecule is Nc1ccc([PH2]=O)cc1. The van der Waals surface area contributed by atoms with Gasteiger partial charge in [0.25, 0.3) is 0 Å². The molecule has 0 aliphatic rings. The molecule has 0 aliphatic heterocycles. The Morgan fingerprint density at radius 1 is 1.22 bits per heavy atom. The van der Waals surface area contributed by atoms with Gasteiger partial charge in [0.1, 0.15) is 0 Å². The molecule has 1 atom stereocenters. The van der Waals surface area contributed by atoms with Crippen molar-refractivity contribution < 1.29 is 4.57 Å². The highest BCUT2D eigenvalue weighted by Crippen LogP contribution is 2.00. The van der Waals surface area contributed by atoms with Gasteiger partial charge in [-0.05, 0) is 24.3 Å². The highest BCUT2D eigenvalue weighted by Gasteiger charge is 1.84. The van der Waals surface area contributed by atoms with E-state index in [0.717, 1.165) is 5.30 Å². The van der Waals surface area contributed by atoms with Crippen LogP contribution < -0.4 is 11.0 Å². The Bertz CT molecular complexity index is 207. The van der Waals surface area contributed by atoms with Crippen LogP contribution in [0.25, 0.3) is 0 Å². The molecule has 9 heavy (non-hydrogen) atoms. The van der Waals surface area contributed by atoms with Crippen molar-refractivity contribution in [2.24, 2.45) is 0 Å². The fourth-order valence-corrected chi connectivity index (χ4v) is 0.924. The predicted octanol–water partition coefficient (Wildman–Crippen LogP) is 0.650. The molecule has 0 spiro atoms. The Morgan fingerprint density at radius 3 is 2.22 bits per heavy atom. The van der Waals surface area contributed by atoms with E-state index in [1.165, 1.54) is 0 Å². The van der Waals surface area contributed by atoms with Crippen LogP contribution in [0, 0.1) is 0 Å². The van der Waals surface area contributed by atoms with E-state index in [1.54, 1.807) is 24.3 Å². The summed E-state index contributed by atoms with van der Waals surface area (Å²) >= 11 is 0. The number of hydrogen-bond acceptors (Lipinski definition) is 2. The third-order valence-corrected chi connectivity index (χ3v) is 1.73. The van der Waals surface area contributed by atoms with Crippen molar-refractivity contribution in [3.63, 3.8) is 0 Å². The van der Waals surface area contributed by atoms with E-state index >= 15 is 0 Å². The first-order valence-electron chi connectivity index (χ1n) is 2.63. The molecule has 2 N–H and O–H groups in total. The van der Waals surface area contributed by atoms with Gasteiger partial charge in [-0.1, -0.05) is 0 Å². The van der Waals surface area contributed by atoms with Crippen LogP contribution in [0.1, 0.15) is 0 Å². The Labute approximate surface area is 54.9 Å². The molecule has 2 nitrogen and oxygen atoms in total. The van der Waals surface area contributed by atoms with Crippen molar-refractivity contribution in [1.82, 2.24) is 0 Å². The number of nitrogens with two attached hydrogens (primary N) is 1. The number of anilines is 1. The molecule has 1 aromatic rings. The van der Waals surface area contributed by atoms with E-state index in [0.29, 0.717) is 5.69 Å². The summed E-state index contributed by atoms with van der Waals surface area (Å²) in [5.74, 6) is 0. The maximum Gasteiger partial charge on any atom is 0.0921 e. The average Bonchev–Trinajstić information content (AvgIpc) is 1.90. The lowest BCUT2D eigenvalue weighted by molar-refractivity contribution is 0.603. The van der Waals surface area contributed by atoms with E-state index in [2.05, 4.69) is 0 Å². The van der Waals surface area contributed by atoms with Gasteiger partial charge in [-0.2, -0.15) is 0 Å². The first-order chi connectivity index (χ1) is 4.33. The lowest BCUT2D eigenvalue weighted by Gasteiger charge is -1.90. The predicted molar refractivity (Wildman–Crippen MR) is 40.9 cm³/mol. The Balaban J connectivity index is 3.01. The van der Waals surface area contributed by atoms with Crippen LogP contribution >= 0.6 is 8.46 Å². The zero-order valence-corrected chi connectivity index (χ0v) is 6.03. The van der Waals surface area contributed by atoms with Crippen molar-refractivity contribution in [2.75, 3.05) is 5.73 Å². The maximum absolute atomic E-state index is 10.3. The second kappa shape index (κ2) is 2.70. The quantitative estimate of drug-likeness (QED) is 0.461. The Hall–Kier alpha value is -0.750. The first kappa shape index (κ1) is 6.37. The monoisotopic (exact) mass is 141 g/mol. The van der Waals surface area contributed by atoms with Gasteiger partial charge in [0.05, 0.1) is 8.46 Å². The summed E-state index contributed by atoms with van der Waals surface area (Å²) < 4.78 is 10.3. The topological polar surface area (TPSA) is 43.1 Å². The molecule has 0 radical (unpaired) electrons. The van der Waals surface area contributed by atoms with Crippen molar-refractivity contribution >= 4 is 19.5 Å². The summed E-state index contributed by atoms with van der Waals surface area (Å²) in [7, 11) is -0.805. The third kappa shape index (κ3) is 1.58. The van der Waals surface area contributed by atoms with Gasteiger partial charge in [-0.15, -0.1) is 0 Å². The lowest BCUT2D eigenvalue weighted by Crippen LogP contribution is -1.91. The molecule has 0 fully saturated rings. The van der Waals surface area contributed by atoms with Crippen LogP contribution in [0.5, 0.6) is 0 Å². The summed E-state index contributed by atoms with van der Waals surface area (Å²) in [6.45, 7) is 0. The fraction of sp³-hybridized carbons (Fsp3) is 0. The number of hydrogen-bond donors (Lipinski definition) is 1. The third-order valence-electron chi connectivity index (χ3n) is 1.07. The first-order valence-corrected chi connectivity index (χ1v) is 3.68. The highest BCUT2D eigenvalue weighted by molar-refractivity contribution is 7.34. The van der Waals surface area contributed by atoms with Crippen LogP contribution in [0.2, 0.25) is 0 Å². The zero-order valence-electron chi connectivity index (χ0n) is 4.87. The van der Waals surface area contributed by atoms with Gasteiger partial charge >= 0.3 is 0 Å². The zero-order chi connectivity index (χ0) is 6.69. The smallest absolute Gasteiger partial charge is 0.0921 e. The lowest BCUT2D eigenvalue weighted by atomic mass is 10.3. The molecule has 0 aromatic heterocycles. The van der Waals surface area contributed by atoms with Crippen molar-refractivity contribution in [2.45, 2.75) is 0 Å². The van der Waals surface area contributed by atoms with Crippen molar-refractivity contribution in [3.05, 3.63) is 24.3 Å². The van der Waals surface area contributed by atoms with Crippen LogP contribution in [-0.4, -0.2) is 0 Å². The van der Waals surface area contributed by atoms with Gasteiger partial charge in [-0.25, -0.2) is 0 Å². The minimum absolute atomic E-state index is 0.714. The summed E-state index contributed by atoms with van der Waals surface area (Å²) in [6, 6.07) is 7.05. The molecule has 3 heteroatoms. The molecule has 0 saturated carbocycles. The molecule has 0 saturated heterocycles. The molecule has 0 heterocycles. The number of nitrogen functional groups attached to an aromatic ring is 1. The molecule has 48 valence electrons. The molecule has 1 rings (SSSR count). The van der Waals surface area contributed by atoms with Gasteiger partial charge in [0.2, 0.25) is 0 Å². The van der Waals surface area contributed by atoms with Gasteiger partial charge in [-0.3, -0.25) is 0 Å². The van der Waals surface area contributed by atoms with E-state index in [9.17, 15) is 4.57 Å². The summed E-state index contributed by atoms with van der Waals surface area (Å²) in [6.07, 6.45) is 0. The Morgan fingerprint density at radius 2 is 1.78 bits per heavy atom. The number of benzene rings is 1. The number of rotatable bonds is 1. The largest absolute Gasteiger partial charge is 0.399 e. The second-order valence-corrected chi connectivity index (χ2v) is 2.69. The van der Waals surface area contributed by atoms with Gasteiger partial charge < -0.3 is 10.3 Å². The van der Waals surface area contributed by atoms with E-state index in [-0.39, 0.29) is 0 Å². The molecule has 1 unspecified atom stereocenters. The van der Waals surface area contributed by atoms with Crippen molar-refractivity contribution in [3.8, 4) is 0 Å². The average molecular weight is 141 g/mol. The standard InChI is InChI=1S/C6H8NOP/c7-5-1-3-6(9-8)4-2-5/h1-4H,7,9H2. The molecular formula is C6H8NOP. The molecule has 1 aromatic carbocycles. The maximum atomic E-state index is 10.3. The molecular weight excluding hydrogens is 133 g/mol. The summed E-state index contributed by atoms with van der Waals surface area (Å²) in [4.78, 5) is 0. The van der Waals surface area contributed by atoms with E-state index in [4.69, 9.17) is 5.73 Å².